The van der Waals surface area contributed by atoms with E-state index in [1.807, 2.05) is 0 Å². The second kappa shape index (κ2) is 5.17. The Labute approximate surface area is 101 Å². The van der Waals surface area contributed by atoms with Gasteiger partial charge in [-0.15, -0.1) is 0 Å². The van der Waals surface area contributed by atoms with Gasteiger partial charge in [-0.25, -0.2) is 9.18 Å². The zero-order valence-electron chi connectivity index (χ0n) is 10.5. The Morgan fingerprint density at radius 3 is 2.65 bits per heavy atom. The Hall–Kier alpha value is -1.58. The molecule has 0 radical (unpaired) electrons. The fourth-order valence-electron chi connectivity index (χ4n) is 1.31. The van der Waals surface area contributed by atoms with Gasteiger partial charge < -0.3 is 9.47 Å². The maximum absolute atomic E-state index is 13.1. The van der Waals surface area contributed by atoms with Crippen LogP contribution in [0.15, 0.2) is 18.2 Å². The molecule has 0 aliphatic carbocycles. The Balaban J connectivity index is 2.89. The molecule has 0 saturated heterocycles. The maximum Gasteiger partial charge on any atom is 0.349 e. The molecule has 0 N–H and O–H groups in total. The minimum atomic E-state index is -1.13. The summed E-state index contributed by atoms with van der Waals surface area (Å²) in [7, 11) is 0. The molecule has 0 aromatic heterocycles. The zero-order chi connectivity index (χ0) is 13.1. The van der Waals surface area contributed by atoms with Crippen LogP contribution in [0.25, 0.3) is 0 Å². The van der Waals surface area contributed by atoms with Crippen LogP contribution in [0.1, 0.15) is 26.3 Å². The van der Waals surface area contributed by atoms with Crippen LogP contribution in [0.3, 0.4) is 0 Å². The summed E-state index contributed by atoms with van der Waals surface area (Å²) < 4.78 is 23.5. The molecule has 0 heterocycles. The van der Waals surface area contributed by atoms with E-state index in [4.69, 9.17) is 9.47 Å². The first-order chi connectivity index (χ1) is 7.86. The average molecular weight is 240 g/mol. The average Bonchev–Trinajstić information content (AvgIpc) is 2.23. The summed E-state index contributed by atoms with van der Waals surface area (Å²) >= 11 is 0. The molecule has 4 heteroatoms. The first-order valence-electron chi connectivity index (χ1n) is 5.49. The van der Waals surface area contributed by atoms with Crippen molar-refractivity contribution in [2.45, 2.75) is 33.3 Å². The second-order valence-corrected chi connectivity index (χ2v) is 4.24. The lowest BCUT2D eigenvalue weighted by Gasteiger charge is -2.25. The summed E-state index contributed by atoms with van der Waals surface area (Å²) in [5.41, 5.74) is -0.363. The molecule has 1 aromatic rings. The SMILES string of the molecule is CCOC(=O)C(C)(C)Oc1cc(F)ccc1C. The van der Waals surface area contributed by atoms with Gasteiger partial charge in [0.25, 0.3) is 0 Å². The lowest BCUT2D eigenvalue weighted by molar-refractivity contribution is -0.158. The van der Waals surface area contributed by atoms with Crippen LogP contribution in [0.5, 0.6) is 5.75 Å². The standard InChI is InChI=1S/C13H17FO3/c1-5-16-12(15)13(3,4)17-11-8-10(14)7-6-9(11)2/h6-8H,5H2,1-4H3. The molecule has 0 atom stereocenters. The van der Waals surface area contributed by atoms with Gasteiger partial charge in [-0.3, -0.25) is 0 Å². The predicted molar refractivity (Wildman–Crippen MR) is 62.5 cm³/mol. The summed E-state index contributed by atoms with van der Waals surface area (Å²) in [6, 6.07) is 4.21. The van der Waals surface area contributed by atoms with Crippen molar-refractivity contribution in [2.24, 2.45) is 0 Å². The van der Waals surface area contributed by atoms with Crippen molar-refractivity contribution in [3.05, 3.63) is 29.6 Å². The Bertz CT molecular complexity index is 413. The van der Waals surface area contributed by atoms with Crippen LogP contribution in [0.4, 0.5) is 4.39 Å². The first-order valence-corrected chi connectivity index (χ1v) is 5.49. The molecule has 0 amide bonds. The van der Waals surface area contributed by atoms with E-state index in [2.05, 4.69) is 0 Å². The van der Waals surface area contributed by atoms with Gasteiger partial charge >= 0.3 is 5.97 Å². The van der Waals surface area contributed by atoms with Crippen LogP contribution < -0.4 is 4.74 Å². The van der Waals surface area contributed by atoms with Crippen molar-refractivity contribution in [3.63, 3.8) is 0 Å². The largest absolute Gasteiger partial charge is 0.476 e. The van der Waals surface area contributed by atoms with E-state index in [1.54, 1.807) is 33.8 Å². The number of benzene rings is 1. The van der Waals surface area contributed by atoms with Crippen LogP contribution in [0.2, 0.25) is 0 Å². The number of halogens is 1. The number of ether oxygens (including phenoxy) is 2. The minimum absolute atomic E-state index is 0.285. The van der Waals surface area contributed by atoms with Gasteiger partial charge in [-0.1, -0.05) is 6.07 Å². The minimum Gasteiger partial charge on any atom is -0.476 e. The van der Waals surface area contributed by atoms with Crippen LogP contribution in [0, 0.1) is 12.7 Å². The van der Waals surface area contributed by atoms with Gasteiger partial charge in [0.05, 0.1) is 6.61 Å². The zero-order valence-corrected chi connectivity index (χ0v) is 10.5. The molecule has 0 bridgehead atoms. The van der Waals surface area contributed by atoms with Gasteiger partial charge in [0.2, 0.25) is 0 Å². The van der Waals surface area contributed by atoms with Crippen molar-refractivity contribution in [1.82, 2.24) is 0 Å². The third-order valence-corrected chi connectivity index (χ3v) is 2.28. The molecule has 0 spiro atoms. The number of rotatable bonds is 4. The molecular weight excluding hydrogens is 223 g/mol. The molecule has 0 aliphatic heterocycles. The molecule has 0 unspecified atom stereocenters. The van der Waals surface area contributed by atoms with E-state index >= 15 is 0 Å². The van der Waals surface area contributed by atoms with Gasteiger partial charge in [-0.05, 0) is 39.3 Å². The molecule has 17 heavy (non-hydrogen) atoms. The number of carbonyl (C=O) groups is 1. The number of carbonyl (C=O) groups excluding carboxylic acids is 1. The van der Waals surface area contributed by atoms with Crippen LogP contribution in [-0.4, -0.2) is 18.2 Å². The quantitative estimate of drug-likeness (QED) is 0.759. The van der Waals surface area contributed by atoms with Crippen LogP contribution >= 0.6 is 0 Å². The van der Waals surface area contributed by atoms with Gasteiger partial charge in [0.1, 0.15) is 11.6 Å². The number of hydrogen-bond donors (Lipinski definition) is 0. The third-order valence-electron chi connectivity index (χ3n) is 2.28. The van der Waals surface area contributed by atoms with E-state index in [0.29, 0.717) is 5.75 Å². The number of esters is 1. The normalized spacial score (nSPS) is 11.1. The molecule has 3 nitrogen and oxygen atoms in total. The summed E-state index contributed by atoms with van der Waals surface area (Å²) in [4.78, 5) is 11.6. The molecular formula is C13H17FO3. The van der Waals surface area contributed by atoms with E-state index < -0.39 is 17.4 Å². The molecule has 1 aromatic carbocycles. The molecule has 94 valence electrons. The Morgan fingerprint density at radius 1 is 1.41 bits per heavy atom. The lowest BCUT2D eigenvalue weighted by Crippen LogP contribution is -2.39. The Kier molecular flexibility index (Phi) is 4.10. The highest BCUT2D eigenvalue weighted by Crippen LogP contribution is 2.24. The smallest absolute Gasteiger partial charge is 0.349 e. The van der Waals surface area contributed by atoms with Crippen molar-refractivity contribution in [2.75, 3.05) is 6.61 Å². The van der Waals surface area contributed by atoms with Crippen molar-refractivity contribution < 1.29 is 18.7 Å². The van der Waals surface area contributed by atoms with E-state index in [0.717, 1.165) is 5.56 Å². The van der Waals surface area contributed by atoms with Gasteiger partial charge in [0.15, 0.2) is 5.60 Å². The van der Waals surface area contributed by atoms with Gasteiger partial charge in [-0.2, -0.15) is 0 Å². The lowest BCUT2D eigenvalue weighted by atomic mass is 10.1. The summed E-state index contributed by atoms with van der Waals surface area (Å²) in [5, 5.41) is 0. The molecule has 1 rings (SSSR count). The van der Waals surface area contributed by atoms with E-state index in [9.17, 15) is 9.18 Å². The molecule has 0 saturated carbocycles. The Morgan fingerprint density at radius 2 is 2.06 bits per heavy atom. The van der Waals surface area contributed by atoms with E-state index in [1.165, 1.54) is 12.1 Å². The maximum atomic E-state index is 13.1. The fraction of sp³-hybridized carbons (Fsp3) is 0.462. The molecule has 0 fully saturated rings. The summed E-state index contributed by atoms with van der Waals surface area (Å²) in [6.45, 7) is 6.98. The second-order valence-electron chi connectivity index (χ2n) is 4.24. The van der Waals surface area contributed by atoms with Gasteiger partial charge in [0, 0.05) is 6.07 Å². The fourth-order valence-corrected chi connectivity index (χ4v) is 1.31. The van der Waals surface area contributed by atoms with E-state index in [-0.39, 0.29) is 6.61 Å². The van der Waals surface area contributed by atoms with Crippen LogP contribution in [-0.2, 0) is 9.53 Å². The van der Waals surface area contributed by atoms with Crippen molar-refractivity contribution in [1.29, 1.82) is 0 Å². The summed E-state index contributed by atoms with van der Waals surface area (Å²) in [6.07, 6.45) is 0. The third kappa shape index (κ3) is 3.44. The highest BCUT2D eigenvalue weighted by molar-refractivity contribution is 5.79. The highest BCUT2D eigenvalue weighted by Gasteiger charge is 2.32. The number of hydrogen-bond acceptors (Lipinski definition) is 3. The first kappa shape index (κ1) is 13.5. The van der Waals surface area contributed by atoms with Crippen molar-refractivity contribution in [3.8, 4) is 5.75 Å². The number of aryl methyl sites for hydroxylation is 1. The topological polar surface area (TPSA) is 35.5 Å². The summed E-state index contributed by atoms with van der Waals surface area (Å²) in [5.74, 6) is -0.517. The highest BCUT2D eigenvalue weighted by atomic mass is 19.1. The van der Waals surface area contributed by atoms with Crippen molar-refractivity contribution >= 4 is 5.97 Å². The monoisotopic (exact) mass is 240 g/mol. The molecule has 0 aliphatic rings. The predicted octanol–water partition coefficient (Wildman–Crippen LogP) is 2.85.